The van der Waals surface area contributed by atoms with E-state index in [1.54, 1.807) is 0 Å². The van der Waals surface area contributed by atoms with Gasteiger partial charge in [-0.3, -0.25) is 9.78 Å². The van der Waals surface area contributed by atoms with E-state index in [1.807, 2.05) is 49.4 Å². The lowest BCUT2D eigenvalue weighted by Gasteiger charge is -2.35. The molecule has 1 aliphatic carbocycles. The summed E-state index contributed by atoms with van der Waals surface area (Å²) in [7, 11) is 0. The molecule has 4 rings (SSSR count). The van der Waals surface area contributed by atoms with E-state index in [9.17, 15) is 9.59 Å². The Kier molecular flexibility index (Phi) is 6.75. The van der Waals surface area contributed by atoms with Gasteiger partial charge in [-0.2, -0.15) is 0 Å². The fourth-order valence-corrected chi connectivity index (χ4v) is 5.16. The summed E-state index contributed by atoms with van der Waals surface area (Å²) in [5.41, 5.74) is 5.11. The molecule has 6 heteroatoms. The van der Waals surface area contributed by atoms with Crippen LogP contribution in [0.3, 0.4) is 0 Å². The van der Waals surface area contributed by atoms with Crippen LogP contribution in [-0.2, 0) is 22.4 Å². The summed E-state index contributed by atoms with van der Waals surface area (Å²) in [5, 5.41) is 3.62. The molecular weight excluding hydrogens is 527 g/mol. The highest BCUT2D eigenvalue weighted by Gasteiger charge is 2.33. The molecule has 1 aromatic heterocycles. The van der Waals surface area contributed by atoms with Gasteiger partial charge in [0.05, 0.1) is 11.1 Å². The van der Waals surface area contributed by atoms with Gasteiger partial charge in [0.15, 0.2) is 6.61 Å². The number of carbonyl (C=O) groups excluding carboxylic acids is 2. The lowest BCUT2D eigenvalue weighted by Crippen LogP contribution is -2.29. The first-order valence-corrected chi connectivity index (χ1v) is 12.3. The third-order valence-corrected chi connectivity index (χ3v) is 7.16. The molecule has 0 aliphatic heterocycles. The van der Waals surface area contributed by atoms with Crippen LogP contribution in [0.25, 0.3) is 10.9 Å². The maximum absolute atomic E-state index is 13.3. The molecule has 0 saturated heterocycles. The number of fused-ring (bicyclic) bond motifs is 2. The third-order valence-electron chi connectivity index (χ3n) is 6.48. The van der Waals surface area contributed by atoms with Crippen molar-refractivity contribution in [2.24, 2.45) is 11.3 Å². The molecule has 1 atom stereocenters. The molecule has 0 spiro atoms. The number of rotatable bonds is 4. The Labute approximate surface area is 208 Å². The number of carbonyl (C=O) groups is 2. The first-order valence-electron chi connectivity index (χ1n) is 11.3. The van der Waals surface area contributed by atoms with Crippen molar-refractivity contribution in [2.75, 3.05) is 11.9 Å². The summed E-state index contributed by atoms with van der Waals surface area (Å²) in [4.78, 5) is 30.7. The van der Waals surface area contributed by atoms with E-state index in [2.05, 4.69) is 48.7 Å². The first-order chi connectivity index (χ1) is 15.6. The minimum Gasteiger partial charge on any atom is -0.452 e. The summed E-state index contributed by atoms with van der Waals surface area (Å²) in [5.74, 6) is -0.368. The first kappa shape index (κ1) is 23.7. The number of nitrogens with zero attached hydrogens (tertiary/aromatic N) is 1. The van der Waals surface area contributed by atoms with Gasteiger partial charge in [-0.25, -0.2) is 4.79 Å². The van der Waals surface area contributed by atoms with Gasteiger partial charge >= 0.3 is 5.97 Å². The van der Waals surface area contributed by atoms with Crippen LogP contribution in [0.15, 0.2) is 42.5 Å². The molecule has 1 heterocycles. The topological polar surface area (TPSA) is 68.3 Å². The van der Waals surface area contributed by atoms with E-state index >= 15 is 0 Å². The van der Waals surface area contributed by atoms with Crippen LogP contribution in [0.4, 0.5) is 5.69 Å². The van der Waals surface area contributed by atoms with Crippen LogP contribution < -0.4 is 5.32 Å². The molecule has 0 bridgehead atoms. The number of pyridine rings is 1. The molecule has 3 aromatic rings. The maximum Gasteiger partial charge on any atom is 0.339 e. The summed E-state index contributed by atoms with van der Waals surface area (Å²) < 4.78 is 6.64. The number of hydrogen-bond donors (Lipinski definition) is 1. The molecular formula is C27H29IN2O3. The Morgan fingerprint density at radius 3 is 2.67 bits per heavy atom. The second kappa shape index (κ2) is 9.41. The Balaban J connectivity index is 1.59. The number of para-hydroxylation sites is 1. The number of amides is 1. The normalized spacial score (nSPS) is 15.7. The third kappa shape index (κ3) is 5.21. The van der Waals surface area contributed by atoms with Gasteiger partial charge < -0.3 is 10.1 Å². The second-order valence-electron chi connectivity index (χ2n) is 9.82. The molecule has 33 heavy (non-hydrogen) atoms. The van der Waals surface area contributed by atoms with Gasteiger partial charge in [0, 0.05) is 20.3 Å². The van der Waals surface area contributed by atoms with E-state index in [-0.39, 0.29) is 17.9 Å². The second-order valence-corrected chi connectivity index (χ2v) is 11.1. The number of halogens is 1. The quantitative estimate of drug-likeness (QED) is 0.312. The zero-order chi connectivity index (χ0) is 23.8. The predicted molar refractivity (Wildman–Crippen MR) is 140 cm³/mol. The minimum absolute atomic E-state index is 0.135. The molecule has 1 aliphatic rings. The Morgan fingerprint density at radius 1 is 1.18 bits per heavy atom. The van der Waals surface area contributed by atoms with E-state index < -0.39 is 5.97 Å². The Hall–Kier alpha value is -2.48. The smallest absolute Gasteiger partial charge is 0.339 e. The van der Waals surface area contributed by atoms with Crippen molar-refractivity contribution < 1.29 is 14.3 Å². The van der Waals surface area contributed by atoms with Crippen molar-refractivity contribution in [2.45, 2.75) is 47.0 Å². The average Bonchev–Trinajstić information content (AvgIpc) is 2.76. The highest BCUT2D eigenvalue weighted by molar-refractivity contribution is 14.1. The fraction of sp³-hybridized carbons (Fsp3) is 0.370. The molecule has 172 valence electrons. The lowest BCUT2D eigenvalue weighted by molar-refractivity contribution is -0.119. The maximum atomic E-state index is 13.3. The molecule has 1 unspecified atom stereocenters. The van der Waals surface area contributed by atoms with Gasteiger partial charge in [0.2, 0.25) is 0 Å². The minimum atomic E-state index is -0.464. The highest BCUT2D eigenvalue weighted by atomic mass is 127. The van der Waals surface area contributed by atoms with Crippen LogP contribution in [-0.4, -0.2) is 23.5 Å². The Bertz CT molecular complexity index is 1230. The van der Waals surface area contributed by atoms with Gasteiger partial charge in [0.25, 0.3) is 5.91 Å². The summed E-state index contributed by atoms with van der Waals surface area (Å²) in [6.45, 7) is 8.33. The van der Waals surface area contributed by atoms with Gasteiger partial charge in [-0.15, -0.1) is 0 Å². The highest BCUT2D eigenvalue weighted by Crippen LogP contribution is 2.39. The standard InChI is InChI=1S/C27H29IN2O3/c1-16-13-18(28)10-12-21(16)30-24(31)15-33-26(32)25-19-7-5-6-8-22(19)29-23-11-9-17(14-20(23)25)27(2,3)4/h5-8,10,12-13,17H,9,11,14-15H2,1-4H3,(H,30,31). The monoisotopic (exact) mass is 556 g/mol. The fourth-order valence-electron chi connectivity index (χ4n) is 4.52. The number of anilines is 1. The van der Waals surface area contributed by atoms with Crippen LogP contribution in [0.2, 0.25) is 0 Å². The number of hydrogen-bond acceptors (Lipinski definition) is 4. The zero-order valence-electron chi connectivity index (χ0n) is 19.5. The van der Waals surface area contributed by atoms with Crippen LogP contribution >= 0.6 is 22.6 Å². The van der Waals surface area contributed by atoms with E-state index in [0.717, 1.165) is 56.2 Å². The lowest BCUT2D eigenvalue weighted by atomic mass is 9.70. The largest absolute Gasteiger partial charge is 0.452 e. The van der Waals surface area contributed by atoms with E-state index in [4.69, 9.17) is 9.72 Å². The van der Waals surface area contributed by atoms with Gasteiger partial charge in [-0.1, -0.05) is 39.0 Å². The van der Waals surface area contributed by atoms with E-state index in [1.165, 1.54) is 0 Å². The Morgan fingerprint density at radius 2 is 1.94 bits per heavy atom. The molecule has 5 nitrogen and oxygen atoms in total. The van der Waals surface area contributed by atoms with Crippen LogP contribution in [0, 0.1) is 21.8 Å². The zero-order valence-corrected chi connectivity index (χ0v) is 21.7. The van der Waals surface area contributed by atoms with Crippen LogP contribution in [0.1, 0.15) is 54.4 Å². The molecule has 2 aromatic carbocycles. The van der Waals surface area contributed by atoms with Crippen molar-refractivity contribution in [3.63, 3.8) is 0 Å². The number of nitrogens with one attached hydrogen (secondary N) is 1. The van der Waals surface area contributed by atoms with Crippen molar-refractivity contribution in [1.29, 1.82) is 0 Å². The van der Waals surface area contributed by atoms with Gasteiger partial charge in [-0.05, 0) is 95.5 Å². The number of benzene rings is 2. The number of aryl methyl sites for hydroxylation is 2. The SMILES string of the molecule is Cc1cc(I)ccc1NC(=O)COC(=O)c1c2c(nc3ccccc13)CCC(C(C)(C)C)C2. The molecule has 0 radical (unpaired) electrons. The summed E-state index contributed by atoms with van der Waals surface area (Å²) in [6.07, 6.45) is 2.68. The number of aromatic nitrogens is 1. The van der Waals surface area contributed by atoms with E-state index in [0.29, 0.717) is 11.5 Å². The summed E-state index contributed by atoms with van der Waals surface area (Å²) >= 11 is 2.23. The van der Waals surface area contributed by atoms with Crippen molar-refractivity contribution >= 4 is 51.1 Å². The van der Waals surface area contributed by atoms with Crippen molar-refractivity contribution in [1.82, 2.24) is 4.98 Å². The molecule has 1 N–H and O–H groups in total. The van der Waals surface area contributed by atoms with Crippen LogP contribution in [0.5, 0.6) is 0 Å². The summed E-state index contributed by atoms with van der Waals surface area (Å²) in [6, 6.07) is 13.4. The molecule has 0 fully saturated rings. The molecule has 0 saturated carbocycles. The average molecular weight is 556 g/mol. The van der Waals surface area contributed by atoms with Crippen molar-refractivity contribution in [3.8, 4) is 0 Å². The van der Waals surface area contributed by atoms with Crippen molar-refractivity contribution in [3.05, 3.63) is 68.4 Å². The number of esters is 1. The predicted octanol–water partition coefficient (Wildman–Crippen LogP) is 6.09. The molecule has 1 amide bonds. The number of ether oxygens (including phenoxy) is 1. The van der Waals surface area contributed by atoms with Gasteiger partial charge in [0.1, 0.15) is 0 Å².